The fraction of sp³-hybridized carbons (Fsp3) is 0.0714. The highest BCUT2D eigenvalue weighted by Gasteiger charge is 2.06. The van der Waals surface area contributed by atoms with E-state index in [1.807, 2.05) is 30.3 Å². The smallest absolute Gasteiger partial charge is 0.197 e. The molecule has 0 radical (unpaired) electrons. The molecule has 0 amide bonds. The molecule has 1 aliphatic heterocycles. The number of H-pyrrole nitrogens is 1. The maximum absolute atomic E-state index is 4.52. The number of nitrogens with one attached hydrogen (secondary N) is 1. The molecule has 0 atom stereocenters. The molecule has 18 heavy (non-hydrogen) atoms. The van der Waals surface area contributed by atoms with E-state index in [0.717, 1.165) is 33.7 Å². The van der Waals surface area contributed by atoms with Gasteiger partial charge in [-0.25, -0.2) is 15.0 Å². The van der Waals surface area contributed by atoms with Gasteiger partial charge in [0.1, 0.15) is 0 Å². The molecular weight excluding hydrogens is 224 g/mol. The maximum Gasteiger partial charge on any atom is 0.197 e. The molecule has 0 bridgehead atoms. The second-order valence-electron chi connectivity index (χ2n) is 4.26. The number of aromatic amines is 1. The summed E-state index contributed by atoms with van der Waals surface area (Å²) in [5.74, 6) is 0.660. The molecule has 0 spiro atoms. The lowest BCUT2D eigenvalue weighted by Gasteiger charge is -1.90. The third-order valence-corrected chi connectivity index (χ3v) is 3.04. The van der Waals surface area contributed by atoms with Gasteiger partial charge in [-0.1, -0.05) is 24.3 Å². The van der Waals surface area contributed by atoms with Crippen molar-refractivity contribution < 1.29 is 0 Å². The van der Waals surface area contributed by atoms with Gasteiger partial charge in [0.25, 0.3) is 0 Å². The van der Waals surface area contributed by atoms with Crippen LogP contribution >= 0.6 is 0 Å². The predicted molar refractivity (Wildman–Crippen MR) is 68.1 cm³/mol. The monoisotopic (exact) mass is 234 g/mol. The van der Waals surface area contributed by atoms with Crippen LogP contribution in [0.15, 0.2) is 40.3 Å². The Labute approximate surface area is 102 Å². The van der Waals surface area contributed by atoms with Crippen LogP contribution in [0, 0.1) is 0 Å². The molecule has 0 saturated heterocycles. The Bertz CT molecular complexity index is 863. The first-order valence-electron chi connectivity index (χ1n) is 5.90. The van der Waals surface area contributed by atoms with Gasteiger partial charge in [0, 0.05) is 0 Å². The van der Waals surface area contributed by atoms with Gasteiger partial charge in [0.15, 0.2) is 11.3 Å². The molecule has 1 aliphatic carbocycles. The minimum absolute atomic E-state index is 0.660. The number of hydrogen-bond acceptors (Lipinski definition) is 3. The summed E-state index contributed by atoms with van der Waals surface area (Å²) in [6.07, 6.45) is 7.18. The fourth-order valence-corrected chi connectivity index (χ4v) is 2.17. The van der Waals surface area contributed by atoms with Crippen LogP contribution < -0.4 is 21.5 Å². The molecule has 1 aromatic carbocycles. The van der Waals surface area contributed by atoms with Crippen molar-refractivity contribution in [3.05, 3.63) is 57.6 Å². The van der Waals surface area contributed by atoms with Gasteiger partial charge in [-0.15, -0.1) is 0 Å². The van der Waals surface area contributed by atoms with Crippen molar-refractivity contribution in [2.45, 2.75) is 6.42 Å². The Morgan fingerprint density at radius 3 is 2.56 bits per heavy atom. The largest absolute Gasteiger partial charge is 0.336 e. The molecule has 0 unspecified atom stereocenters. The molecular formula is C14H10N4. The van der Waals surface area contributed by atoms with E-state index >= 15 is 0 Å². The van der Waals surface area contributed by atoms with Gasteiger partial charge >= 0.3 is 0 Å². The van der Waals surface area contributed by atoms with E-state index in [9.17, 15) is 0 Å². The van der Waals surface area contributed by atoms with Crippen molar-refractivity contribution in [2.75, 3.05) is 0 Å². The number of imidazole rings is 1. The van der Waals surface area contributed by atoms with Gasteiger partial charge < -0.3 is 4.98 Å². The van der Waals surface area contributed by atoms with Crippen molar-refractivity contribution in [3.63, 3.8) is 0 Å². The molecule has 4 nitrogen and oxygen atoms in total. The van der Waals surface area contributed by atoms with Crippen molar-refractivity contribution in [3.8, 4) is 0 Å². The maximum atomic E-state index is 4.52. The lowest BCUT2D eigenvalue weighted by atomic mass is 10.2. The lowest BCUT2D eigenvalue weighted by Crippen LogP contribution is -2.19. The summed E-state index contributed by atoms with van der Waals surface area (Å²) >= 11 is 0. The van der Waals surface area contributed by atoms with Gasteiger partial charge in [0.2, 0.25) is 0 Å². The zero-order chi connectivity index (χ0) is 11.9. The van der Waals surface area contributed by atoms with Crippen LogP contribution in [0.4, 0.5) is 0 Å². The van der Waals surface area contributed by atoms with Crippen molar-refractivity contribution >= 4 is 18.0 Å². The van der Waals surface area contributed by atoms with E-state index in [0.29, 0.717) is 5.82 Å². The molecule has 4 heteroatoms. The number of para-hydroxylation sites is 2. The number of benzene rings is 1. The summed E-state index contributed by atoms with van der Waals surface area (Å²) in [5, 5.41) is 2.86. The van der Waals surface area contributed by atoms with Crippen LogP contribution in [-0.4, -0.2) is 9.97 Å². The molecule has 1 N–H and O–H groups in total. The van der Waals surface area contributed by atoms with Crippen molar-refractivity contribution in [1.29, 1.82) is 0 Å². The number of rotatable bonds is 0. The summed E-state index contributed by atoms with van der Waals surface area (Å²) in [4.78, 5) is 16.8. The SMILES string of the molecule is C1=Cc2nc(=C3N=c4ccccc4=N3)[nH]c2=CC1. The summed E-state index contributed by atoms with van der Waals surface area (Å²) < 4.78 is 0. The van der Waals surface area contributed by atoms with Crippen LogP contribution in [0.2, 0.25) is 0 Å². The topological polar surface area (TPSA) is 53.4 Å². The molecule has 2 aliphatic rings. The van der Waals surface area contributed by atoms with E-state index in [4.69, 9.17) is 0 Å². The molecule has 2 heterocycles. The second kappa shape index (κ2) is 3.50. The highest BCUT2D eigenvalue weighted by molar-refractivity contribution is 5.53. The number of aromatic nitrogens is 2. The molecule has 4 rings (SSSR count). The van der Waals surface area contributed by atoms with Gasteiger partial charge in [-0.05, 0) is 24.6 Å². The van der Waals surface area contributed by atoms with E-state index in [1.165, 1.54) is 0 Å². The standard InChI is InChI=1S/C14H10N4/c1-2-6-10-9(5-1)15-13(16-10)14-17-11-7-3-4-8-12(11)18-14/h1-3,5-8,18H,4H2. The summed E-state index contributed by atoms with van der Waals surface area (Å²) in [6.45, 7) is 0. The first kappa shape index (κ1) is 9.53. The van der Waals surface area contributed by atoms with E-state index in [1.54, 1.807) is 0 Å². The summed E-state index contributed by atoms with van der Waals surface area (Å²) in [5.41, 5.74) is 1.70. The summed E-state index contributed by atoms with van der Waals surface area (Å²) in [6, 6.07) is 7.84. The Morgan fingerprint density at radius 2 is 1.83 bits per heavy atom. The molecule has 2 aromatic rings. The summed E-state index contributed by atoms with van der Waals surface area (Å²) in [7, 11) is 0. The number of hydrogen-bond donors (Lipinski definition) is 1. The first-order chi connectivity index (χ1) is 8.90. The third kappa shape index (κ3) is 1.35. The Kier molecular flexibility index (Phi) is 1.85. The van der Waals surface area contributed by atoms with Crippen LogP contribution in [-0.2, 0) is 0 Å². The van der Waals surface area contributed by atoms with Crippen LogP contribution in [0.25, 0.3) is 18.0 Å². The lowest BCUT2D eigenvalue weighted by molar-refractivity contribution is 1.14. The van der Waals surface area contributed by atoms with Crippen LogP contribution in [0.1, 0.15) is 12.1 Å². The first-order valence-corrected chi connectivity index (χ1v) is 5.90. The highest BCUT2D eigenvalue weighted by Crippen LogP contribution is 2.00. The van der Waals surface area contributed by atoms with Crippen molar-refractivity contribution in [1.82, 2.24) is 9.97 Å². The number of nitrogens with zero attached hydrogens (tertiary/aromatic N) is 3. The van der Waals surface area contributed by atoms with Crippen LogP contribution in [0.3, 0.4) is 0 Å². The predicted octanol–water partition coefficient (Wildman–Crippen LogP) is -0.374. The molecule has 86 valence electrons. The molecule has 1 aromatic heterocycles. The Balaban J connectivity index is 2.05. The minimum Gasteiger partial charge on any atom is -0.336 e. The van der Waals surface area contributed by atoms with Gasteiger partial charge in [0.05, 0.1) is 21.8 Å². The van der Waals surface area contributed by atoms with Gasteiger partial charge in [-0.2, -0.15) is 0 Å². The van der Waals surface area contributed by atoms with E-state index in [-0.39, 0.29) is 0 Å². The van der Waals surface area contributed by atoms with E-state index in [2.05, 4.69) is 32.1 Å². The minimum atomic E-state index is 0.660. The zero-order valence-corrected chi connectivity index (χ0v) is 9.59. The number of fused-ring (bicyclic) bond motifs is 2. The van der Waals surface area contributed by atoms with Gasteiger partial charge in [-0.3, -0.25) is 0 Å². The fourth-order valence-electron chi connectivity index (χ4n) is 2.17. The average molecular weight is 234 g/mol. The zero-order valence-electron chi connectivity index (χ0n) is 9.59. The van der Waals surface area contributed by atoms with E-state index < -0.39 is 0 Å². The normalized spacial score (nSPS) is 15.4. The second-order valence-corrected chi connectivity index (χ2v) is 4.26. The quantitative estimate of drug-likeness (QED) is 0.664. The molecule has 0 fully saturated rings. The highest BCUT2D eigenvalue weighted by atomic mass is 15.0. The number of allylic oxidation sites excluding steroid dienone is 1. The Morgan fingerprint density at radius 1 is 1.06 bits per heavy atom. The third-order valence-electron chi connectivity index (χ3n) is 3.04. The average Bonchev–Trinajstić information content (AvgIpc) is 3.02. The van der Waals surface area contributed by atoms with Crippen molar-refractivity contribution in [2.24, 2.45) is 9.98 Å². The Hall–Kier alpha value is -2.49. The molecule has 0 saturated carbocycles. The van der Waals surface area contributed by atoms with Crippen LogP contribution in [0.5, 0.6) is 0 Å².